The molecule has 0 spiro atoms. The van der Waals surface area contributed by atoms with E-state index in [-0.39, 0.29) is 0 Å². The van der Waals surface area contributed by atoms with E-state index >= 15 is 0 Å². The lowest BCUT2D eigenvalue weighted by Gasteiger charge is -2.11. The number of fused-ring (bicyclic) bond motifs is 9. The summed E-state index contributed by atoms with van der Waals surface area (Å²) in [5.41, 5.74) is 8.64. The van der Waals surface area contributed by atoms with Crippen molar-refractivity contribution in [2.24, 2.45) is 0 Å². The van der Waals surface area contributed by atoms with Crippen LogP contribution in [0.5, 0.6) is 0 Å². The molecule has 6 aromatic carbocycles. The van der Waals surface area contributed by atoms with Gasteiger partial charge in [-0.15, -0.1) is 0 Å². The molecule has 0 amide bonds. The van der Waals surface area contributed by atoms with Gasteiger partial charge in [0.15, 0.2) is 11.2 Å². The smallest absolute Gasteiger partial charge is 0.227 e. The molecule has 4 aromatic heterocycles. The van der Waals surface area contributed by atoms with Gasteiger partial charge >= 0.3 is 0 Å². The molecule has 0 atom stereocenters. The Balaban J connectivity index is 1.27. The van der Waals surface area contributed by atoms with Crippen molar-refractivity contribution in [3.8, 4) is 28.6 Å². The molecule has 0 aliphatic carbocycles. The van der Waals surface area contributed by atoms with Crippen LogP contribution < -0.4 is 0 Å². The number of nitrogens with zero attached hydrogens (tertiary/aromatic N) is 4. The van der Waals surface area contributed by atoms with E-state index in [1.165, 1.54) is 10.8 Å². The Kier molecular flexibility index (Phi) is 4.90. The predicted molar refractivity (Wildman–Crippen MR) is 180 cm³/mol. The first-order chi connectivity index (χ1) is 22.3. The molecule has 0 saturated heterocycles. The van der Waals surface area contributed by atoms with Crippen molar-refractivity contribution >= 4 is 65.7 Å². The molecular formula is C39H22N4O2. The van der Waals surface area contributed by atoms with Gasteiger partial charge in [0.2, 0.25) is 11.8 Å². The van der Waals surface area contributed by atoms with Crippen molar-refractivity contribution < 1.29 is 8.83 Å². The van der Waals surface area contributed by atoms with Gasteiger partial charge in [-0.2, -0.15) is 0 Å². The molecule has 0 saturated carbocycles. The van der Waals surface area contributed by atoms with Crippen LogP contribution in [0.4, 0.5) is 0 Å². The second-order valence-corrected chi connectivity index (χ2v) is 11.3. The van der Waals surface area contributed by atoms with Crippen LogP contribution in [0.3, 0.4) is 0 Å². The standard InChI is InChI=1S/C39H22N4O2/c1-2-10-28-23(8-1)15-17-33-36(28)41-38(44-33)25-20-26(39-42-37-34(45-39)18-16-24-9-7-19-40-35(24)37)22-27(21-25)43-31-13-5-3-11-29(31)30-12-4-6-14-32(30)43/h1-22H. The average molecular weight is 579 g/mol. The molecule has 0 aliphatic rings. The van der Waals surface area contributed by atoms with Crippen LogP contribution in [0.15, 0.2) is 142 Å². The first kappa shape index (κ1) is 24.2. The third kappa shape index (κ3) is 3.60. The summed E-state index contributed by atoms with van der Waals surface area (Å²) in [6.07, 6.45) is 1.79. The maximum absolute atomic E-state index is 6.44. The molecule has 0 N–H and O–H groups in total. The highest BCUT2D eigenvalue weighted by atomic mass is 16.4. The van der Waals surface area contributed by atoms with Crippen LogP contribution in [0.1, 0.15) is 0 Å². The second kappa shape index (κ2) is 9.11. The van der Waals surface area contributed by atoms with Crippen LogP contribution >= 0.6 is 0 Å². The van der Waals surface area contributed by atoms with Gasteiger partial charge in [0, 0.05) is 44.6 Å². The van der Waals surface area contributed by atoms with Crippen molar-refractivity contribution in [1.29, 1.82) is 0 Å². The van der Waals surface area contributed by atoms with Gasteiger partial charge in [0.25, 0.3) is 0 Å². The molecule has 4 heterocycles. The average Bonchev–Trinajstić information content (AvgIpc) is 3.82. The highest BCUT2D eigenvalue weighted by molar-refractivity contribution is 6.09. The third-order valence-corrected chi connectivity index (χ3v) is 8.66. The monoisotopic (exact) mass is 578 g/mol. The van der Waals surface area contributed by atoms with E-state index < -0.39 is 0 Å². The van der Waals surface area contributed by atoms with Gasteiger partial charge in [0.1, 0.15) is 11.0 Å². The molecule has 0 fully saturated rings. The molecule has 210 valence electrons. The maximum atomic E-state index is 6.44. The highest BCUT2D eigenvalue weighted by Gasteiger charge is 2.19. The third-order valence-electron chi connectivity index (χ3n) is 8.66. The lowest BCUT2D eigenvalue weighted by Crippen LogP contribution is -1.96. The van der Waals surface area contributed by atoms with E-state index in [9.17, 15) is 0 Å². The van der Waals surface area contributed by atoms with Crippen LogP contribution in [0, 0.1) is 0 Å². The van der Waals surface area contributed by atoms with Gasteiger partial charge in [-0.1, -0.05) is 72.8 Å². The molecule has 0 bridgehead atoms. The summed E-state index contributed by atoms with van der Waals surface area (Å²) in [5, 5.41) is 5.57. The summed E-state index contributed by atoms with van der Waals surface area (Å²) in [4.78, 5) is 14.6. The summed E-state index contributed by atoms with van der Waals surface area (Å²) in [6.45, 7) is 0. The number of oxazole rings is 2. The molecule has 6 nitrogen and oxygen atoms in total. The molecule has 45 heavy (non-hydrogen) atoms. The minimum Gasteiger partial charge on any atom is -0.436 e. The van der Waals surface area contributed by atoms with E-state index in [1.807, 2.05) is 48.5 Å². The minimum absolute atomic E-state index is 0.508. The number of hydrogen-bond acceptors (Lipinski definition) is 5. The molecule has 10 aromatic rings. The van der Waals surface area contributed by atoms with Gasteiger partial charge in [-0.05, 0) is 60.0 Å². The lowest BCUT2D eigenvalue weighted by atomic mass is 10.1. The number of rotatable bonds is 3. The topological polar surface area (TPSA) is 69.9 Å². The van der Waals surface area contributed by atoms with Crippen molar-refractivity contribution in [2.45, 2.75) is 0 Å². The van der Waals surface area contributed by atoms with Crippen LogP contribution in [0.25, 0.3) is 94.3 Å². The number of benzene rings is 6. The van der Waals surface area contributed by atoms with E-state index in [1.54, 1.807) is 6.20 Å². The Morgan fingerprint density at radius 2 is 1.04 bits per heavy atom. The number of hydrogen-bond donors (Lipinski definition) is 0. The van der Waals surface area contributed by atoms with Gasteiger partial charge in [-0.25, -0.2) is 9.97 Å². The maximum Gasteiger partial charge on any atom is 0.227 e. The largest absolute Gasteiger partial charge is 0.436 e. The zero-order chi connectivity index (χ0) is 29.5. The molecule has 0 unspecified atom stereocenters. The summed E-state index contributed by atoms with van der Waals surface area (Å²) in [5.74, 6) is 1.04. The van der Waals surface area contributed by atoms with E-state index in [4.69, 9.17) is 18.8 Å². The van der Waals surface area contributed by atoms with Crippen molar-refractivity contribution in [3.63, 3.8) is 0 Å². The zero-order valence-electron chi connectivity index (χ0n) is 23.8. The summed E-state index contributed by atoms with van der Waals surface area (Å²) in [7, 11) is 0. The van der Waals surface area contributed by atoms with Crippen molar-refractivity contribution in [3.05, 3.63) is 134 Å². The number of pyridine rings is 1. The Bertz CT molecular complexity index is 2600. The van der Waals surface area contributed by atoms with Crippen LogP contribution in [0.2, 0.25) is 0 Å². The summed E-state index contributed by atoms with van der Waals surface area (Å²) < 4.78 is 15.1. The van der Waals surface area contributed by atoms with E-state index in [0.29, 0.717) is 17.4 Å². The molecular weight excluding hydrogens is 556 g/mol. The van der Waals surface area contributed by atoms with Crippen molar-refractivity contribution in [1.82, 2.24) is 19.5 Å². The van der Waals surface area contributed by atoms with Gasteiger partial charge in [0.05, 0.1) is 16.6 Å². The quantitative estimate of drug-likeness (QED) is 0.209. The Morgan fingerprint density at radius 1 is 0.467 bits per heavy atom. The summed E-state index contributed by atoms with van der Waals surface area (Å²) in [6, 6.07) is 43.5. The molecule has 10 rings (SSSR count). The second-order valence-electron chi connectivity index (χ2n) is 11.3. The Hall–Kier alpha value is -6.27. The fraction of sp³-hybridized carbons (Fsp3) is 0. The number of aromatic nitrogens is 4. The van der Waals surface area contributed by atoms with Crippen LogP contribution in [-0.4, -0.2) is 19.5 Å². The van der Waals surface area contributed by atoms with Crippen LogP contribution in [-0.2, 0) is 0 Å². The normalized spacial score (nSPS) is 12.0. The first-order valence-corrected chi connectivity index (χ1v) is 14.9. The predicted octanol–water partition coefficient (Wildman–Crippen LogP) is 10.1. The van der Waals surface area contributed by atoms with Crippen molar-refractivity contribution in [2.75, 3.05) is 0 Å². The minimum atomic E-state index is 0.508. The Morgan fingerprint density at radius 3 is 1.78 bits per heavy atom. The Labute approximate surface area is 255 Å². The summed E-state index contributed by atoms with van der Waals surface area (Å²) >= 11 is 0. The highest BCUT2D eigenvalue weighted by Crippen LogP contribution is 2.38. The van der Waals surface area contributed by atoms with E-state index in [2.05, 4.69) is 88.4 Å². The van der Waals surface area contributed by atoms with Gasteiger partial charge < -0.3 is 13.4 Å². The lowest BCUT2D eigenvalue weighted by molar-refractivity contribution is 0.617. The fourth-order valence-electron chi connectivity index (χ4n) is 6.63. The number of para-hydroxylation sites is 2. The van der Waals surface area contributed by atoms with E-state index in [0.717, 1.165) is 66.1 Å². The van der Waals surface area contributed by atoms with Gasteiger partial charge in [-0.3, -0.25) is 4.98 Å². The fourth-order valence-corrected chi connectivity index (χ4v) is 6.63. The first-order valence-electron chi connectivity index (χ1n) is 14.9. The molecule has 0 aliphatic heterocycles. The zero-order valence-corrected chi connectivity index (χ0v) is 23.8. The SMILES string of the molecule is c1ccc2c(c1)ccc1oc(-c3cc(-c4nc5c(ccc6cccnc65)o4)cc(-n4c5ccccc5c5ccccc54)c3)nc12. The molecule has 6 heteroatoms. The molecule has 0 radical (unpaired) electrons.